The molecule has 0 amide bonds. The maximum absolute atomic E-state index is 10.7. The summed E-state index contributed by atoms with van der Waals surface area (Å²) in [7, 11) is 0. The molecule has 0 heterocycles. The molecule has 3 nitrogen and oxygen atoms in total. The molecular weight excluding hydrogens is 300 g/mol. The summed E-state index contributed by atoms with van der Waals surface area (Å²) < 4.78 is 0. The van der Waals surface area contributed by atoms with Gasteiger partial charge in [-0.25, -0.2) is 4.79 Å². The minimum atomic E-state index is -0.919. The predicted octanol–water partition coefficient (Wildman–Crippen LogP) is 4.45. The first-order valence-electron chi connectivity index (χ1n) is 9.25. The van der Waals surface area contributed by atoms with E-state index in [4.69, 9.17) is 5.11 Å². The van der Waals surface area contributed by atoms with E-state index in [9.17, 15) is 9.90 Å². The number of aliphatic carboxylic acids is 1. The van der Waals surface area contributed by atoms with Crippen LogP contribution < -0.4 is 0 Å². The van der Waals surface area contributed by atoms with Crippen LogP contribution in [0.4, 0.5) is 0 Å². The lowest BCUT2D eigenvalue weighted by Gasteiger charge is -2.52. The molecule has 0 unspecified atom stereocenters. The van der Waals surface area contributed by atoms with Gasteiger partial charge in [-0.2, -0.15) is 0 Å². The number of carbonyl (C=O) groups is 1. The highest BCUT2D eigenvalue weighted by Gasteiger charge is 2.48. The van der Waals surface area contributed by atoms with Gasteiger partial charge in [-0.05, 0) is 68.6 Å². The standard InChI is InChI=1S/C21H32O3/c1-5-13(2)20-15(4)12-17-18(22)11-10-14(3)21(17)16(20)8-6-7-9-19(23)24/h5-9,14-18,20-22H,10-12H2,1-4H3,(H,23,24)/b8-6+,9-7+,13-5-/t14-,15-,16+,17-,18-,20+,21-/m0/s1. The highest BCUT2D eigenvalue weighted by Crippen LogP contribution is 2.53. The van der Waals surface area contributed by atoms with E-state index in [2.05, 4.69) is 39.8 Å². The van der Waals surface area contributed by atoms with Crippen LogP contribution in [0.1, 0.15) is 47.0 Å². The molecule has 3 heteroatoms. The van der Waals surface area contributed by atoms with Crippen molar-refractivity contribution in [3.8, 4) is 0 Å². The lowest BCUT2D eigenvalue weighted by molar-refractivity contribution is -0.131. The normalized spacial score (nSPS) is 40.9. The smallest absolute Gasteiger partial charge is 0.328 e. The minimum absolute atomic E-state index is 0.189. The summed E-state index contributed by atoms with van der Waals surface area (Å²) in [5, 5.41) is 19.3. The summed E-state index contributed by atoms with van der Waals surface area (Å²) in [5.41, 5.74) is 1.41. The third kappa shape index (κ3) is 4.00. The SMILES string of the molecule is C/C=C(/C)[C@H]1[C@@H](/C=C/C=C/C(=O)O)[C@H]2[C@@H](C[C@@H]1C)[C@@H](O)CC[C@@H]2C. The van der Waals surface area contributed by atoms with E-state index in [-0.39, 0.29) is 6.10 Å². The molecule has 2 aliphatic rings. The van der Waals surface area contributed by atoms with Gasteiger partial charge in [0, 0.05) is 6.08 Å². The van der Waals surface area contributed by atoms with Crippen LogP contribution in [0.25, 0.3) is 0 Å². The number of hydrogen-bond donors (Lipinski definition) is 2. The van der Waals surface area contributed by atoms with Crippen molar-refractivity contribution in [1.82, 2.24) is 0 Å². The highest BCUT2D eigenvalue weighted by molar-refractivity contribution is 5.80. The van der Waals surface area contributed by atoms with Gasteiger partial charge < -0.3 is 10.2 Å². The number of carboxylic acid groups (broad SMARTS) is 1. The van der Waals surface area contributed by atoms with E-state index in [1.807, 2.05) is 6.08 Å². The van der Waals surface area contributed by atoms with Crippen molar-refractivity contribution in [2.75, 3.05) is 0 Å². The summed E-state index contributed by atoms with van der Waals surface area (Å²) in [4.78, 5) is 10.7. The van der Waals surface area contributed by atoms with Crippen LogP contribution >= 0.6 is 0 Å². The van der Waals surface area contributed by atoms with Crippen LogP contribution in [0, 0.1) is 35.5 Å². The van der Waals surface area contributed by atoms with Crippen molar-refractivity contribution >= 4 is 5.97 Å². The average Bonchev–Trinajstić information content (AvgIpc) is 2.53. The first-order chi connectivity index (χ1) is 11.4. The average molecular weight is 332 g/mol. The zero-order valence-electron chi connectivity index (χ0n) is 15.4. The molecule has 0 aromatic rings. The topological polar surface area (TPSA) is 57.5 Å². The quantitative estimate of drug-likeness (QED) is 0.454. The summed E-state index contributed by atoms with van der Waals surface area (Å²) in [6, 6.07) is 0. The van der Waals surface area contributed by atoms with Crippen molar-refractivity contribution in [1.29, 1.82) is 0 Å². The first-order valence-corrected chi connectivity index (χ1v) is 9.25. The van der Waals surface area contributed by atoms with Crippen molar-refractivity contribution in [2.45, 2.75) is 53.1 Å². The van der Waals surface area contributed by atoms with Crippen LogP contribution in [-0.2, 0) is 4.79 Å². The maximum atomic E-state index is 10.7. The van der Waals surface area contributed by atoms with Crippen LogP contribution in [-0.4, -0.2) is 22.3 Å². The van der Waals surface area contributed by atoms with Crippen LogP contribution in [0.5, 0.6) is 0 Å². The summed E-state index contributed by atoms with van der Waals surface area (Å²) in [6.07, 6.45) is 12.0. The van der Waals surface area contributed by atoms with Crippen LogP contribution in [0.15, 0.2) is 36.0 Å². The molecule has 0 aromatic heterocycles. The molecule has 7 atom stereocenters. The number of allylic oxidation sites excluding steroid dienone is 5. The number of aliphatic hydroxyl groups is 1. The lowest BCUT2D eigenvalue weighted by atomic mass is 9.53. The zero-order valence-corrected chi connectivity index (χ0v) is 15.4. The third-order valence-electron chi connectivity index (χ3n) is 6.34. The van der Waals surface area contributed by atoms with E-state index in [1.54, 1.807) is 6.08 Å². The molecular formula is C21H32O3. The van der Waals surface area contributed by atoms with Gasteiger partial charge in [0.1, 0.15) is 0 Å². The third-order valence-corrected chi connectivity index (χ3v) is 6.34. The van der Waals surface area contributed by atoms with E-state index >= 15 is 0 Å². The Morgan fingerprint density at radius 2 is 1.83 bits per heavy atom. The van der Waals surface area contributed by atoms with Crippen molar-refractivity contribution in [2.24, 2.45) is 35.5 Å². The Kier molecular flexibility index (Phi) is 6.45. The second kappa shape index (κ2) is 8.15. The fourth-order valence-corrected chi connectivity index (χ4v) is 5.22. The molecule has 2 saturated carbocycles. The molecule has 0 aliphatic heterocycles. The lowest BCUT2D eigenvalue weighted by Crippen LogP contribution is -2.48. The second-order valence-corrected chi connectivity index (χ2v) is 7.79. The second-order valence-electron chi connectivity index (χ2n) is 7.79. The van der Waals surface area contributed by atoms with Gasteiger partial charge in [-0.3, -0.25) is 0 Å². The number of fused-ring (bicyclic) bond motifs is 1. The molecule has 0 bridgehead atoms. The number of rotatable bonds is 4. The summed E-state index contributed by atoms with van der Waals surface area (Å²) in [5.74, 6) is 1.87. The van der Waals surface area contributed by atoms with Gasteiger partial charge in [0.05, 0.1) is 6.10 Å². The Labute approximate surface area is 146 Å². The van der Waals surface area contributed by atoms with Gasteiger partial charge >= 0.3 is 5.97 Å². The number of hydrogen-bond acceptors (Lipinski definition) is 2. The molecule has 2 aliphatic carbocycles. The Bertz CT molecular complexity index is 531. The fraction of sp³-hybridized carbons (Fsp3) is 0.667. The van der Waals surface area contributed by atoms with Gasteiger partial charge in [0.15, 0.2) is 0 Å². The highest BCUT2D eigenvalue weighted by atomic mass is 16.4. The monoisotopic (exact) mass is 332 g/mol. The van der Waals surface area contributed by atoms with E-state index < -0.39 is 5.97 Å². The molecule has 0 radical (unpaired) electrons. The van der Waals surface area contributed by atoms with Crippen molar-refractivity contribution < 1.29 is 15.0 Å². The molecule has 2 rings (SSSR count). The number of aliphatic hydroxyl groups excluding tert-OH is 1. The first kappa shape index (κ1) is 19.0. The largest absolute Gasteiger partial charge is 0.478 e. The molecule has 134 valence electrons. The van der Waals surface area contributed by atoms with E-state index in [0.717, 1.165) is 19.3 Å². The van der Waals surface area contributed by atoms with Gasteiger partial charge in [0.2, 0.25) is 0 Å². The molecule has 0 saturated heterocycles. The summed E-state index contributed by atoms with van der Waals surface area (Å²) in [6.45, 7) is 8.92. The fourth-order valence-electron chi connectivity index (χ4n) is 5.22. The summed E-state index contributed by atoms with van der Waals surface area (Å²) >= 11 is 0. The Hall–Kier alpha value is -1.35. The number of carboxylic acids is 1. The van der Waals surface area contributed by atoms with Crippen molar-refractivity contribution in [3.63, 3.8) is 0 Å². The Morgan fingerprint density at radius 1 is 1.12 bits per heavy atom. The minimum Gasteiger partial charge on any atom is -0.478 e. The Morgan fingerprint density at radius 3 is 2.46 bits per heavy atom. The molecule has 2 N–H and O–H groups in total. The van der Waals surface area contributed by atoms with Gasteiger partial charge in [0.25, 0.3) is 0 Å². The van der Waals surface area contributed by atoms with Gasteiger partial charge in [-0.1, -0.05) is 43.7 Å². The van der Waals surface area contributed by atoms with Crippen LogP contribution in [0.2, 0.25) is 0 Å². The Balaban J connectivity index is 2.36. The predicted molar refractivity (Wildman–Crippen MR) is 97.5 cm³/mol. The zero-order chi connectivity index (χ0) is 17.9. The van der Waals surface area contributed by atoms with Crippen molar-refractivity contribution in [3.05, 3.63) is 36.0 Å². The maximum Gasteiger partial charge on any atom is 0.328 e. The van der Waals surface area contributed by atoms with E-state index in [1.165, 1.54) is 11.6 Å². The van der Waals surface area contributed by atoms with Crippen LogP contribution in [0.3, 0.4) is 0 Å². The molecule has 0 spiro atoms. The van der Waals surface area contributed by atoms with E-state index in [0.29, 0.717) is 35.5 Å². The van der Waals surface area contributed by atoms with Gasteiger partial charge in [-0.15, -0.1) is 0 Å². The molecule has 24 heavy (non-hydrogen) atoms. The molecule has 2 fully saturated rings. The molecule has 0 aromatic carbocycles.